The Bertz CT molecular complexity index is 650. The number of nitrogens with one attached hydrogen (secondary N) is 1. The Morgan fingerprint density at radius 3 is 2.63 bits per heavy atom. The number of benzene rings is 1. The smallest absolute Gasteiger partial charge is 0.120 e. The number of nitriles is 1. The molecule has 0 bridgehead atoms. The zero-order chi connectivity index (χ0) is 14.0. The number of hydrogen-bond donors (Lipinski definition) is 1. The lowest BCUT2D eigenvalue weighted by Crippen LogP contribution is -2.01. The third-order valence-corrected chi connectivity index (χ3v) is 4.57. The molecule has 0 saturated heterocycles. The molecule has 19 heavy (non-hydrogen) atoms. The summed E-state index contributed by atoms with van der Waals surface area (Å²) in [6, 6.07) is 10.5. The van der Waals surface area contributed by atoms with Crippen LogP contribution in [0.15, 0.2) is 24.3 Å². The zero-order valence-electron chi connectivity index (χ0n) is 11.3. The molecule has 1 aromatic carbocycles. The third-order valence-electron chi connectivity index (χ3n) is 3.41. The van der Waals surface area contributed by atoms with Crippen LogP contribution in [0.1, 0.15) is 22.5 Å². The molecule has 4 heteroatoms. The summed E-state index contributed by atoms with van der Waals surface area (Å²) in [6.07, 6.45) is 0. The number of anilines is 1. The maximum Gasteiger partial charge on any atom is 0.120 e. The summed E-state index contributed by atoms with van der Waals surface area (Å²) >= 11 is 2.34. The van der Waals surface area contributed by atoms with Crippen molar-refractivity contribution in [2.75, 3.05) is 5.32 Å². The lowest BCUT2D eigenvalue weighted by molar-refractivity contribution is 0.856. The summed E-state index contributed by atoms with van der Waals surface area (Å²) in [5, 5.41) is 12.4. The van der Waals surface area contributed by atoms with E-state index in [9.17, 15) is 0 Å². The van der Waals surface area contributed by atoms with Crippen molar-refractivity contribution in [1.29, 1.82) is 5.26 Å². The molecule has 0 unspecified atom stereocenters. The quantitative estimate of drug-likeness (QED) is 0.843. The van der Waals surface area contributed by atoms with E-state index in [0.717, 1.165) is 23.5 Å². The molecule has 0 saturated carbocycles. The van der Waals surface area contributed by atoms with Gasteiger partial charge in [-0.3, -0.25) is 0 Å². The van der Waals surface area contributed by atoms with Crippen LogP contribution in [0.25, 0.3) is 0 Å². The Morgan fingerprint density at radius 1 is 1.32 bits per heavy atom. The van der Waals surface area contributed by atoms with Gasteiger partial charge >= 0.3 is 0 Å². The van der Waals surface area contributed by atoms with E-state index < -0.39 is 0 Å². The Labute approximate surface area is 127 Å². The molecule has 0 aliphatic heterocycles. The Hall–Kier alpha value is -1.48. The molecule has 0 aliphatic rings. The minimum Gasteiger partial charge on any atom is -0.381 e. The van der Waals surface area contributed by atoms with Crippen molar-refractivity contribution in [2.45, 2.75) is 20.4 Å². The van der Waals surface area contributed by atoms with Gasteiger partial charge in [-0.2, -0.15) is 5.26 Å². The van der Waals surface area contributed by atoms with Crippen molar-refractivity contribution in [3.63, 3.8) is 0 Å². The first kappa shape index (κ1) is 13.9. The van der Waals surface area contributed by atoms with Crippen LogP contribution in [0.5, 0.6) is 0 Å². The van der Waals surface area contributed by atoms with Crippen LogP contribution in [-0.4, -0.2) is 4.57 Å². The second kappa shape index (κ2) is 5.66. The molecular formula is C15H16IN3. The molecule has 1 aromatic heterocycles. The Morgan fingerprint density at radius 2 is 2.05 bits per heavy atom. The third kappa shape index (κ3) is 2.92. The van der Waals surface area contributed by atoms with Crippen LogP contribution in [0, 0.1) is 28.7 Å². The predicted octanol–water partition coefficient (Wildman–Crippen LogP) is 3.73. The van der Waals surface area contributed by atoms with E-state index in [-0.39, 0.29) is 0 Å². The number of aromatic nitrogens is 1. The molecule has 0 radical (unpaired) electrons. The summed E-state index contributed by atoms with van der Waals surface area (Å²) in [4.78, 5) is 0. The van der Waals surface area contributed by atoms with Crippen molar-refractivity contribution >= 4 is 28.3 Å². The van der Waals surface area contributed by atoms with E-state index in [4.69, 9.17) is 5.26 Å². The SMILES string of the molecule is Cc1ccc(NCc2cc(C#N)n(C)c2C)cc1I. The van der Waals surface area contributed by atoms with Gasteiger partial charge in [0.05, 0.1) is 0 Å². The van der Waals surface area contributed by atoms with Crippen LogP contribution in [-0.2, 0) is 13.6 Å². The van der Waals surface area contributed by atoms with Gasteiger partial charge in [0, 0.05) is 28.5 Å². The minimum absolute atomic E-state index is 0.702. The van der Waals surface area contributed by atoms with Gasteiger partial charge in [0.2, 0.25) is 0 Å². The van der Waals surface area contributed by atoms with Crippen LogP contribution < -0.4 is 5.32 Å². The Balaban J connectivity index is 2.15. The largest absolute Gasteiger partial charge is 0.381 e. The summed E-state index contributed by atoms with van der Waals surface area (Å²) in [6.45, 7) is 4.88. The van der Waals surface area contributed by atoms with Crippen molar-refractivity contribution in [3.8, 4) is 6.07 Å². The number of halogens is 1. The topological polar surface area (TPSA) is 40.8 Å². The van der Waals surface area contributed by atoms with E-state index in [1.54, 1.807) is 0 Å². The highest BCUT2D eigenvalue weighted by Gasteiger charge is 2.08. The molecule has 0 spiro atoms. The highest BCUT2D eigenvalue weighted by atomic mass is 127. The minimum atomic E-state index is 0.702. The standard InChI is InChI=1S/C15H16IN3/c1-10-4-5-13(7-15(10)16)18-9-12-6-14(8-17)19(3)11(12)2/h4-7,18H,9H2,1-3H3. The van der Waals surface area contributed by atoms with Gasteiger partial charge in [-0.15, -0.1) is 0 Å². The molecule has 0 amide bonds. The van der Waals surface area contributed by atoms with Gasteiger partial charge in [-0.1, -0.05) is 6.07 Å². The first-order valence-electron chi connectivity index (χ1n) is 6.08. The number of hydrogen-bond acceptors (Lipinski definition) is 2. The highest BCUT2D eigenvalue weighted by molar-refractivity contribution is 14.1. The fourth-order valence-corrected chi connectivity index (χ4v) is 2.46. The molecule has 0 aliphatic carbocycles. The fraction of sp³-hybridized carbons (Fsp3) is 0.267. The first-order valence-corrected chi connectivity index (χ1v) is 7.16. The normalized spacial score (nSPS) is 10.3. The summed E-state index contributed by atoms with van der Waals surface area (Å²) in [5.41, 5.74) is 5.39. The van der Waals surface area contributed by atoms with Gasteiger partial charge in [-0.05, 0) is 65.8 Å². The summed E-state index contributed by atoms with van der Waals surface area (Å²) < 4.78 is 3.18. The van der Waals surface area contributed by atoms with Gasteiger partial charge in [0.25, 0.3) is 0 Å². The molecule has 0 atom stereocenters. The molecule has 1 N–H and O–H groups in total. The molecule has 3 nitrogen and oxygen atoms in total. The maximum absolute atomic E-state index is 9.02. The van der Waals surface area contributed by atoms with Crippen LogP contribution in [0.2, 0.25) is 0 Å². The van der Waals surface area contributed by atoms with E-state index in [2.05, 4.69) is 59.1 Å². The summed E-state index contributed by atoms with van der Waals surface area (Å²) in [7, 11) is 1.92. The molecule has 2 rings (SSSR count). The van der Waals surface area contributed by atoms with E-state index in [1.807, 2.05) is 24.6 Å². The predicted molar refractivity (Wildman–Crippen MR) is 86.1 cm³/mol. The second-order valence-electron chi connectivity index (χ2n) is 4.63. The van der Waals surface area contributed by atoms with E-state index in [0.29, 0.717) is 5.69 Å². The maximum atomic E-state index is 9.02. The van der Waals surface area contributed by atoms with Crippen molar-refractivity contribution in [3.05, 3.63) is 50.4 Å². The lowest BCUT2D eigenvalue weighted by Gasteiger charge is -2.08. The average Bonchev–Trinajstić information content (AvgIpc) is 2.67. The molecule has 1 heterocycles. The zero-order valence-corrected chi connectivity index (χ0v) is 13.4. The van der Waals surface area contributed by atoms with Crippen molar-refractivity contribution in [2.24, 2.45) is 7.05 Å². The number of rotatable bonds is 3. The van der Waals surface area contributed by atoms with Crippen LogP contribution >= 0.6 is 22.6 Å². The number of nitrogens with zero attached hydrogens (tertiary/aromatic N) is 2. The van der Waals surface area contributed by atoms with E-state index >= 15 is 0 Å². The van der Waals surface area contributed by atoms with Gasteiger partial charge in [-0.25, -0.2) is 0 Å². The monoisotopic (exact) mass is 365 g/mol. The Kier molecular flexibility index (Phi) is 4.15. The molecule has 98 valence electrons. The molecule has 0 fully saturated rings. The van der Waals surface area contributed by atoms with Crippen LogP contribution in [0.4, 0.5) is 5.69 Å². The van der Waals surface area contributed by atoms with Crippen molar-refractivity contribution in [1.82, 2.24) is 4.57 Å². The summed E-state index contributed by atoms with van der Waals surface area (Å²) in [5.74, 6) is 0. The molecule has 2 aromatic rings. The second-order valence-corrected chi connectivity index (χ2v) is 5.79. The highest BCUT2D eigenvalue weighted by Crippen LogP contribution is 2.19. The van der Waals surface area contributed by atoms with Gasteiger partial charge in [0.15, 0.2) is 0 Å². The lowest BCUT2D eigenvalue weighted by atomic mass is 10.2. The van der Waals surface area contributed by atoms with Gasteiger partial charge < -0.3 is 9.88 Å². The van der Waals surface area contributed by atoms with Crippen molar-refractivity contribution < 1.29 is 0 Å². The fourth-order valence-electron chi connectivity index (χ4n) is 1.95. The molecular weight excluding hydrogens is 349 g/mol. The number of aryl methyl sites for hydroxylation is 1. The first-order chi connectivity index (χ1) is 9.02. The van der Waals surface area contributed by atoms with E-state index in [1.165, 1.54) is 9.13 Å². The van der Waals surface area contributed by atoms with Crippen LogP contribution in [0.3, 0.4) is 0 Å². The van der Waals surface area contributed by atoms with Gasteiger partial charge in [0.1, 0.15) is 11.8 Å². The average molecular weight is 365 g/mol.